The van der Waals surface area contributed by atoms with Gasteiger partial charge in [-0.25, -0.2) is 4.98 Å². The van der Waals surface area contributed by atoms with Gasteiger partial charge in [0.2, 0.25) is 5.88 Å². The normalized spacial score (nSPS) is 28.1. The van der Waals surface area contributed by atoms with Crippen LogP contribution < -0.4 is 4.74 Å². The van der Waals surface area contributed by atoms with Crippen LogP contribution in [0.2, 0.25) is 5.02 Å². The Morgan fingerprint density at radius 1 is 1.39 bits per heavy atom. The average molecular weight is 270 g/mol. The van der Waals surface area contributed by atoms with Crippen molar-refractivity contribution >= 4 is 11.6 Å². The number of aliphatic hydroxyl groups excluding tert-OH is 1. The number of rotatable bonds is 3. The molecule has 1 aromatic heterocycles. The average Bonchev–Trinajstić information content (AvgIpc) is 2.36. The summed E-state index contributed by atoms with van der Waals surface area (Å²) in [7, 11) is 0. The predicted molar refractivity (Wildman–Crippen MR) is 71.8 cm³/mol. The molecule has 1 aromatic rings. The lowest BCUT2D eigenvalue weighted by atomic mass is 9.80. The van der Waals surface area contributed by atoms with Crippen molar-refractivity contribution in [1.82, 2.24) is 4.98 Å². The van der Waals surface area contributed by atoms with Gasteiger partial charge in [0.15, 0.2) is 0 Å². The van der Waals surface area contributed by atoms with E-state index in [1.165, 1.54) is 12.6 Å². The number of nitrogens with zero attached hydrogens (tertiary/aromatic N) is 1. The number of ether oxygens (including phenoxy) is 1. The summed E-state index contributed by atoms with van der Waals surface area (Å²) in [6, 6.07) is 1.73. The fourth-order valence-electron chi connectivity index (χ4n) is 2.42. The Labute approximate surface area is 113 Å². The third kappa shape index (κ3) is 3.15. The first-order valence-corrected chi connectivity index (χ1v) is 6.90. The molecule has 0 aromatic carbocycles. The number of pyridine rings is 1. The zero-order chi connectivity index (χ0) is 13.1. The van der Waals surface area contributed by atoms with Gasteiger partial charge in [0.1, 0.15) is 6.10 Å². The van der Waals surface area contributed by atoms with Crippen LogP contribution >= 0.6 is 11.6 Å². The molecular formula is C14H20ClNO2. The number of halogens is 1. The highest BCUT2D eigenvalue weighted by atomic mass is 35.5. The minimum Gasteiger partial charge on any atom is -0.474 e. The molecule has 4 heteroatoms. The summed E-state index contributed by atoms with van der Waals surface area (Å²) in [6.07, 6.45) is 5.12. The molecule has 1 saturated carbocycles. The molecule has 3 nitrogen and oxygen atoms in total. The lowest BCUT2D eigenvalue weighted by Crippen LogP contribution is -2.29. The van der Waals surface area contributed by atoms with Crippen LogP contribution in [-0.2, 0) is 6.61 Å². The Kier molecular flexibility index (Phi) is 4.46. The number of aromatic nitrogens is 1. The molecule has 3 atom stereocenters. The number of aliphatic hydroxyl groups is 1. The van der Waals surface area contributed by atoms with Crippen molar-refractivity contribution in [3.63, 3.8) is 0 Å². The zero-order valence-electron chi connectivity index (χ0n) is 10.9. The molecular weight excluding hydrogens is 250 g/mol. The van der Waals surface area contributed by atoms with E-state index < -0.39 is 0 Å². The Morgan fingerprint density at radius 2 is 2.17 bits per heavy atom. The third-order valence-corrected chi connectivity index (χ3v) is 4.26. The van der Waals surface area contributed by atoms with Crippen molar-refractivity contribution in [3.05, 3.63) is 22.8 Å². The van der Waals surface area contributed by atoms with Crippen LogP contribution in [0, 0.1) is 11.8 Å². The summed E-state index contributed by atoms with van der Waals surface area (Å²) < 4.78 is 5.89. The Morgan fingerprint density at radius 3 is 2.83 bits per heavy atom. The lowest BCUT2D eigenvalue weighted by molar-refractivity contribution is 0.0962. The molecule has 100 valence electrons. The molecule has 0 spiro atoms. The second kappa shape index (κ2) is 5.89. The fourth-order valence-corrected chi connectivity index (χ4v) is 2.58. The topological polar surface area (TPSA) is 42.4 Å². The van der Waals surface area contributed by atoms with Crippen molar-refractivity contribution in [1.29, 1.82) is 0 Å². The molecule has 1 aliphatic rings. The SMILES string of the molecule is CC1CCC(Oc2cc(CO)c(Cl)cn2)CC1C. The molecule has 0 amide bonds. The molecule has 1 aliphatic carbocycles. The minimum absolute atomic E-state index is 0.0875. The third-order valence-electron chi connectivity index (χ3n) is 3.92. The minimum atomic E-state index is -0.0875. The monoisotopic (exact) mass is 269 g/mol. The van der Waals surface area contributed by atoms with E-state index in [2.05, 4.69) is 18.8 Å². The molecule has 1 fully saturated rings. The quantitative estimate of drug-likeness (QED) is 0.914. The molecule has 0 bridgehead atoms. The number of hydrogen-bond acceptors (Lipinski definition) is 3. The highest BCUT2D eigenvalue weighted by Gasteiger charge is 2.26. The van der Waals surface area contributed by atoms with Crippen molar-refractivity contribution in [2.24, 2.45) is 11.8 Å². The lowest BCUT2D eigenvalue weighted by Gasteiger charge is -2.31. The van der Waals surface area contributed by atoms with E-state index in [4.69, 9.17) is 21.4 Å². The standard InChI is InChI=1S/C14H20ClNO2/c1-9-3-4-12(5-10(9)2)18-14-6-11(8-17)13(15)7-16-14/h6-7,9-10,12,17H,3-5,8H2,1-2H3. The Hall–Kier alpha value is -0.800. The van der Waals surface area contributed by atoms with Crippen LogP contribution in [0.25, 0.3) is 0 Å². The highest BCUT2D eigenvalue weighted by Crippen LogP contribution is 2.31. The number of hydrogen-bond donors (Lipinski definition) is 1. The largest absolute Gasteiger partial charge is 0.474 e. The van der Waals surface area contributed by atoms with Crippen LogP contribution in [0.4, 0.5) is 0 Å². The summed E-state index contributed by atoms with van der Waals surface area (Å²) in [4.78, 5) is 4.16. The van der Waals surface area contributed by atoms with Crippen molar-refractivity contribution in [2.45, 2.75) is 45.8 Å². The van der Waals surface area contributed by atoms with Gasteiger partial charge in [0, 0.05) is 17.8 Å². The van der Waals surface area contributed by atoms with Crippen molar-refractivity contribution < 1.29 is 9.84 Å². The van der Waals surface area contributed by atoms with Gasteiger partial charge in [-0.3, -0.25) is 0 Å². The second-order valence-corrected chi connectivity index (χ2v) is 5.69. The molecule has 1 N–H and O–H groups in total. The first-order valence-electron chi connectivity index (χ1n) is 6.52. The Balaban J connectivity index is 2.01. The van der Waals surface area contributed by atoms with E-state index in [1.807, 2.05) is 0 Å². The fraction of sp³-hybridized carbons (Fsp3) is 0.643. The Bertz CT molecular complexity index is 411. The first-order chi connectivity index (χ1) is 8.60. The predicted octanol–water partition coefficient (Wildman–Crippen LogP) is 3.43. The summed E-state index contributed by atoms with van der Waals surface area (Å²) in [5, 5.41) is 9.64. The van der Waals surface area contributed by atoms with E-state index in [-0.39, 0.29) is 12.7 Å². The van der Waals surface area contributed by atoms with Gasteiger partial charge in [-0.05, 0) is 31.1 Å². The van der Waals surface area contributed by atoms with Gasteiger partial charge < -0.3 is 9.84 Å². The van der Waals surface area contributed by atoms with E-state index in [1.54, 1.807) is 6.07 Å². The molecule has 0 saturated heterocycles. The van der Waals surface area contributed by atoms with Crippen LogP contribution in [0.5, 0.6) is 5.88 Å². The summed E-state index contributed by atoms with van der Waals surface area (Å²) in [5.74, 6) is 2.03. The van der Waals surface area contributed by atoms with Crippen molar-refractivity contribution in [3.8, 4) is 5.88 Å². The van der Waals surface area contributed by atoms with Gasteiger partial charge in [0.25, 0.3) is 0 Å². The summed E-state index contributed by atoms with van der Waals surface area (Å²) in [6.45, 7) is 4.48. The van der Waals surface area contributed by atoms with Crippen LogP contribution in [0.15, 0.2) is 12.3 Å². The van der Waals surface area contributed by atoms with Crippen LogP contribution in [0.3, 0.4) is 0 Å². The smallest absolute Gasteiger partial charge is 0.213 e. The van der Waals surface area contributed by atoms with E-state index in [9.17, 15) is 0 Å². The van der Waals surface area contributed by atoms with Gasteiger partial charge in [-0.1, -0.05) is 25.4 Å². The summed E-state index contributed by atoms with van der Waals surface area (Å²) in [5.41, 5.74) is 0.666. The molecule has 1 heterocycles. The van der Waals surface area contributed by atoms with Gasteiger partial charge in [0.05, 0.1) is 11.6 Å². The van der Waals surface area contributed by atoms with Crippen LogP contribution in [-0.4, -0.2) is 16.2 Å². The van der Waals surface area contributed by atoms with Crippen molar-refractivity contribution in [2.75, 3.05) is 0 Å². The molecule has 18 heavy (non-hydrogen) atoms. The van der Waals surface area contributed by atoms with Gasteiger partial charge in [-0.15, -0.1) is 0 Å². The zero-order valence-corrected chi connectivity index (χ0v) is 11.7. The van der Waals surface area contributed by atoms with E-state index >= 15 is 0 Å². The highest BCUT2D eigenvalue weighted by molar-refractivity contribution is 6.31. The summed E-state index contributed by atoms with van der Waals surface area (Å²) >= 11 is 5.90. The van der Waals surface area contributed by atoms with Crippen LogP contribution in [0.1, 0.15) is 38.7 Å². The maximum absolute atomic E-state index is 9.16. The van der Waals surface area contributed by atoms with Gasteiger partial charge in [-0.2, -0.15) is 0 Å². The van der Waals surface area contributed by atoms with E-state index in [0.717, 1.165) is 18.8 Å². The van der Waals surface area contributed by atoms with Gasteiger partial charge >= 0.3 is 0 Å². The molecule has 2 rings (SSSR count). The maximum atomic E-state index is 9.16. The maximum Gasteiger partial charge on any atom is 0.213 e. The molecule has 0 radical (unpaired) electrons. The first kappa shape index (κ1) is 13.6. The second-order valence-electron chi connectivity index (χ2n) is 5.28. The van der Waals surface area contributed by atoms with E-state index in [0.29, 0.717) is 22.4 Å². The molecule has 3 unspecified atom stereocenters. The molecule has 0 aliphatic heterocycles.